The molecule has 3 aromatic rings. The Balaban J connectivity index is 1.40. The highest BCUT2D eigenvalue weighted by atomic mass is 16.6. The summed E-state index contributed by atoms with van der Waals surface area (Å²) in [7, 11) is 1.57. The molecule has 2 atom stereocenters. The molecule has 0 unspecified atom stereocenters. The summed E-state index contributed by atoms with van der Waals surface area (Å²) in [6.07, 6.45) is -0.0344. The molecule has 8 nitrogen and oxygen atoms in total. The molecule has 4 rings (SSSR count). The molecule has 3 aromatic carbocycles. The van der Waals surface area contributed by atoms with Gasteiger partial charge in [0, 0.05) is 12.2 Å². The molecule has 2 amide bonds. The topological polar surface area (TPSA) is 94.2 Å². The predicted molar refractivity (Wildman–Crippen MR) is 147 cm³/mol. The van der Waals surface area contributed by atoms with Gasteiger partial charge in [-0.25, -0.2) is 9.59 Å². The van der Waals surface area contributed by atoms with Crippen LogP contribution in [-0.2, 0) is 38.6 Å². The second kappa shape index (κ2) is 12.0. The Morgan fingerprint density at radius 3 is 2.13 bits per heavy atom. The van der Waals surface area contributed by atoms with Crippen molar-refractivity contribution in [3.8, 4) is 5.75 Å². The summed E-state index contributed by atoms with van der Waals surface area (Å²) in [4.78, 5) is 39.9. The van der Waals surface area contributed by atoms with Crippen LogP contribution in [-0.4, -0.2) is 36.7 Å². The molecule has 204 valence electrons. The number of rotatable bonds is 9. The van der Waals surface area contributed by atoms with Crippen molar-refractivity contribution in [2.75, 3.05) is 12.0 Å². The third kappa shape index (κ3) is 7.16. The van der Waals surface area contributed by atoms with Gasteiger partial charge >= 0.3 is 12.1 Å². The number of alkyl carbamates (subject to hydrolysis) is 1. The second-order valence-corrected chi connectivity index (χ2v) is 10.4. The van der Waals surface area contributed by atoms with Crippen LogP contribution in [0, 0.1) is 5.92 Å². The Morgan fingerprint density at radius 1 is 0.872 bits per heavy atom. The summed E-state index contributed by atoms with van der Waals surface area (Å²) in [6, 6.07) is 23.4. The lowest BCUT2D eigenvalue weighted by Gasteiger charge is -2.45. The minimum Gasteiger partial charge on any atom is -0.497 e. The number of amides is 2. The Labute approximate surface area is 228 Å². The molecule has 0 saturated carbocycles. The highest BCUT2D eigenvalue weighted by molar-refractivity contribution is 6.10. The van der Waals surface area contributed by atoms with Gasteiger partial charge in [0.2, 0.25) is 5.91 Å². The maximum Gasteiger partial charge on any atom is 0.407 e. The third-order valence-electron chi connectivity index (χ3n) is 6.34. The highest BCUT2D eigenvalue weighted by Gasteiger charge is 2.52. The highest BCUT2D eigenvalue weighted by Crippen LogP contribution is 2.36. The fourth-order valence-electron chi connectivity index (χ4n) is 4.40. The molecule has 1 fully saturated rings. The van der Waals surface area contributed by atoms with E-state index in [2.05, 4.69) is 5.32 Å². The number of esters is 1. The van der Waals surface area contributed by atoms with Crippen molar-refractivity contribution in [2.45, 2.75) is 52.0 Å². The van der Waals surface area contributed by atoms with E-state index in [0.717, 1.165) is 16.7 Å². The number of benzene rings is 3. The van der Waals surface area contributed by atoms with Gasteiger partial charge in [-0.1, -0.05) is 54.6 Å². The zero-order valence-corrected chi connectivity index (χ0v) is 22.7. The summed E-state index contributed by atoms with van der Waals surface area (Å²) in [5.74, 6) is -0.422. The van der Waals surface area contributed by atoms with Crippen LogP contribution < -0.4 is 15.0 Å². The molecule has 0 aromatic heterocycles. The van der Waals surface area contributed by atoms with E-state index < -0.39 is 29.6 Å². The molecule has 0 radical (unpaired) electrons. The van der Waals surface area contributed by atoms with E-state index in [0.29, 0.717) is 24.4 Å². The van der Waals surface area contributed by atoms with Gasteiger partial charge in [-0.3, -0.25) is 9.69 Å². The molecule has 1 aliphatic heterocycles. The molecule has 1 aliphatic rings. The molecule has 39 heavy (non-hydrogen) atoms. The van der Waals surface area contributed by atoms with Gasteiger partial charge in [-0.2, -0.15) is 0 Å². The van der Waals surface area contributed by atoms with Crippen LogP contribution in [0.2, 0.25) is 0 Å². The first-order chi connectivity index (χ1) is 18.6. The molecule has 0 bridgehead atoms. The summed E-state index contributed by atoms with van der Waals surface area (Å²) in [5.41, 5.74) is 2.72. The van der Waals surface area contributed by atoms with Gasteiger partial charge in [-0.05, 0) is 68.1 Å². The zero-order valence-electron chi connectivity index (χ0n) is 22.7. The lowest BCUT2D eigenvalue weighted by atomic mass is 9.81. The Hall–Kier alpha value is -4.33. The molecule has 1 saturated heterocycles. The van der Waals surface area contributed by atoms with Gasteiger partial charge in [0.15, 0.2) is 0 Å². The smallest absolute Gasteiger partial charge is 0.407 e. The fraction of sp³-hybridized carbons (Fsp3) is 0.323. The molecule has 8 heteroatoms. The quantitative estimate of drug-likeness (QED) is 0.308. The average molecular weight is 531 g/mol. The van der Waals surface area contributed by atoms with Crippen LogP contribution in [0.4, 0.5) is 10.5 Å². The fourth-order valence-corrected chi connectivity index (χ4v) is 4.40. The van der Waals surface area contributed by atoms with E-state index >= 15 is 0 Å². The van der Waals surface area contributed by atoms with E-state index in [9.17, 15) is 14.4 Å². The van der Waals surface area contributed by atoms with Gasteiger partial charge in [0.1, 0.15) is 24.0 Å². The van der Waals surface area contributed by atoms with Crippen molar-refractivity contribution in [1.82, 2.24) is 5.32 Å². The van der Waals surface area contributed by atoms with E-state index in [1.165, 1.54) is 4.90 Å². The van der Waals surface area contributed by atoms with Crippen LogP contribution in [0.5, 0.6) is 5.75 Å². The number of carbonyl (C=O) groups is 3. The first kappa shape index (κ1) is 27.7. The summed E-state index contributed by atoms with van der Waals surface area (Å²) in [5, 5.41) is 2.72. The molecule has 1 heterocycles. The van der Waals surface area contributed by atoms with Gasteiger partial charge in [-0.15, -0.1) is 0 Å². The minimum atomic E-state index is -0.733. The summed E-state index contributed by atoms with van der Waals surface area (Å²) >= 11 is 0. The van der Waals surface area contributed by atoms with Gasteiger partial charge in [0.25, 0.3) is 0 Å². The van der Waals surface area contributed by atoms with E-state index in [1.54, 1.807) is 31.4 Å². The van der Waals surface area contributed by atoms with Crippen LogP contribution in [0.3, 0.4) is 0 Å². The van der Waals surface area contributed by atoms with Crippen molar-refractivity contribution in [2.24, 2.45) is 5.92 Å². The maximum absolute atomic E-state index is 13.3. The van der Waals surface area contributed by atoms with Gasteiger partial charge in [0.05, 0.1) is 13.0 Å². The van der Waals surface area contributed by atoms with Crippen molar-refractivity contribution >= 4 is 23.7 Å². The summed E-state index contributed by atoms with van der Waals surface area (Å²) in [6.45, 7) is 5.81. The van der Waals surface area contributed by atoms with Crippen molar-refractivity contribution in [3.05, 3.63) is 95.6 Å². The number of anilines is 1. The van der Waals surface area contributed by atoms with Crippen LogP contribution in [0.25, 0.3) is 0 Å². The Kier molecular flexibility index (Phi) is 8.54. The number of hydrogen-bond acceptors (Lipinski definition) is 6. The molecular weight excluding hydrogens is 496 g/mol. The SMILES string of the molecule is COc1ccc(N2C(=O)[C@@H](Cc3ccccc3)[C@H]2C(=O)OCc2ccc(CNC(=O)OC(C)(C)C)cc2)cc1. The van der Waals surface area contributed by atoms with Crippen LogP contribution in [0.15, 0.2) is 78.9 Å². The second-order valence-electron chi connectivity index (χ2n) is 10.4. The average Bonchev–Trinajstić information content (AvgIpc) is 2.92. The standard InChI is InChI=1S/C31H34N2O6/c1-31(2,3)39-30(36)32-19-22-10-12-23(13-11-22)20-38-29(35)27-26(18-21-8-6-5-7-9-21)28(34)33(27)24-14-16-25(37-4)17-15-24/h5-17,26-27H,18-20H2,1-4H3,(H,32,36)/t26-,27-/m0/s1. The normalized spacial score (nSPS) is 16.7. The van der Waals surface area contributed by atoms with Crippen LogP contribution in [0.1, 0.15) is 37.5 Å². The lowest BCUT2D eigenvalue weighted by Crippen LogP contribution is -2.65. The first-order valence-corrected chi connectivity index (χ1v) is 12.9. The van der Waals surface area contributed by atoms with E-state index in [4.69, 9.17) is 14.2 Å². The number of methoxy groups -OCH3 is 1. The maximum atomic E-state index is 13.3. The molecule has 0 spiro atoms. The third-order valence-corrected chi connectivity index (χ3v) is 6.34. The van der Waals surface area contributed by atoms with Crippen molar-refractivity contribution in [3.63, 3.8) is 0 Å². The van der Waals surface area contributed by atoms with Gasteiger partial charge < -0.3 is 19.5 Å². The number of hydrogen-bond donors (Lipinski definition) is 1. The van der Waals surface area contributed by atoms with Crippen molar-refractivity contribution in [1.29, 1.82) is 0 Å². The lowest BCUT2D eigenvalue weighted by molar-refractivity contribution is -0.155. The predicted octanol–water partition coefficient (Wildman–Crippen LogP) is 5.04. The largest absolute Gasteiger partial charge is 0.497 e. The number of ether oxygens (including phenoxy) is 3. The minimum absolute atomic E-state index is 0.0673. The van der Waals surface area contributed by atoms with E-state index in [-0.39, 0.29) is 12.5 Å². The number of carbonyl (C=O) groups excluding carboxylic acids is 3. The first-order valence-electron chi connectivity index (χ1n) is 12.9. The van der Waals surface area contributed by atoms with E-state index in [1.807, 2.05) is 75.4 Å². The number of β-lactam (4-membered cyclic amide) rings is 1. The molecule has 0 aliphatic carbocycles. The van der Waals surface area contributed by atoms with Crippen LogP contribution >= 0.6 is 0 Å². The number of nitrogens with one attached hydrogen (secondary N) is 1. The Morgan fingerprint density at radius 2 is 1.51 bits per heavy atom. The Bertz CT molecular complexity index is 1280. The molecule has 1 N–H and O–H groups in total. The zero-order chi connectivity index (χ0) is 28.0. The molecular formula is C31H34N2O6. The monoisotopic (exact) mass is 530 g/mol. The van der Waals surface area contributed by atoms with Crippen molar-refractivity contribution < 1.29 is 28.6 Å². The number of nitrogens with zero attached hydrogens (tertiary/aromatic N) is 1. The summed E-state index contributed by atoms with van der Waals surface area (Å²) < 4.78 is 16.2.